The minimum atomic E-state index is -0.0708. The molecule has 0 spiro atoms. The third-order valence-electron chi connectivity index (χ3n) is 4.05. The highest BCUT2D eigenvalue weighted by Crippen LogP contribution is 2.30. The third kappa shape index (κ3) is 3.97. The van der Waals surface area contributed by atoms with E-state index in [1.807, 2.05) is 42.5 Å². The van der Waals surface area contributed by atoms with Crippen LogP contribution in [0.1, 0.15) is 28.7 Å². The maximum absolute atomic E-state index is 6.58. The minimum absolute atomic E-state index is 0.0708. The number of hydrogen-bond acceptors (Lipinski definition) is 1. The van der Waals surface area contributed by atoms with Crippen LogP contribution >= 0.6 is 0 Å². The van der Waals surface area contributed by atoms with Gasteiger partial charge in [0.1, 0.15) is 0 Å². The molecule has 0 aromatic heterocycles. The summed E-state index contributed by atoms with van der Waals surface area (Å²) < 4.78 is 0. The Morgan fingerprint density at radius 1 is 0.609 bits per heavy atom. The van der Waals surface area contributed by atoms with E-state index in [9.17, 15) is 0 Å². The van der Waals surface area contributed by atoms with Gasteiger partial charge in [0, 0.05) is 12.0 Å². The second-order valence-electron chi connectivity index (χ2n) is 5.64. The molecule has 3 aromatic carbocycles. The molecule has 114 valence electrons. The maximum Gasteiger partial charge on any atom is 0.0399 e. The lowest BCUT2D eigenvalue weighted by atomic mass is 9.87. The van der Waals surface area contributed by atoms with Crippen molar-refractivity contribution in [2.24, 2.45) is 5.73 Å². The summed E-state index contributed by atoms with van der Waals surface area (Å²) in [5, 5.41) is 0. The molecule has 0 heterocycles. The Bertz CT molecular complexity index is 733. The van der Waals surface area contributed by atoms with Crippen molar-refractivity contribution in [1.29, 1.82) is 0 Å². The van der Waals surface area contributed by atoms with E-state index in [1.54, 1.807) is 0 Å². The molecule has 1 nitrogen and oxygen atoms in total. The first kappa shape index (κ1) is 15.3. The Hall–Kier alpha value is -2.64. The first-order valence-corrected chi connectivity index (χ1v) is 7.93. The molecule has 1 heteroatoms. The Morgan fingerprint density at radius 3 is 1.65 bits per heavy atom. The van der Waals surface area contributed by atoms with Gasteiger partial charge in [0.2, 0.25) is 0 Å². The predicted octanol–water partition coefficient (Wildman–Crippen LogP) is 5.18. The van der Waals surface area contributed by atoms with E-state index in [0.717, 1.165) is 5.56 Å². The molecule has 0 saturated carbocycles. The van der Waals surface area contributed by atoms with Crippen molar-refractivity contribution in [3.63, 3.8) is 0 Å². The van der Waals surface area contributed by atoms with Crippen molar-refractivity contribution >= 4 is 6.08 Å². The SMILES string of the molecule is NC(c1ccccc1)[C@H](/C=C/c1ccccc1)c1ccccc1. The van der Waals surface area contributed by atoms with Gasteiger partial charge < -0.3 is 5.73 Å². The van der Waals surface area contributed by atoms with E-state index < -0.39 is 0 Å². The van der Waals surface area contributed by atoms with Gasteiger partial charge in [-0.2, -0.15) is 0 Å². The third-order valence-corrected chi connectivity index (χ3v) is 4.05. The largest absolute Gasteiger partial charge is 0.323 e. The summed E-state index contributed by atoms with van der Waals surface area (Å²) in [6, 6.07) is 31.0. The lowest BCUT2D eigenvalue weighted by Crippen LogP contribution is -2.18. The van der Waals surface area contributed by atoms with Crippen LogP contribution in [0.5, 0.6) is 0 Å². The van der Waals surface area contributed by atoms with Gasteiger partial charge in [-0.15, -0.1) is 0 Å². The van der Waals surface area contributed by atoms with Crippen LogP contribution < -0.4 is 5.73 Å². The fraction of sp³-hybridized carbons (Fsp3) is 0.0909. The fourth-order valence-corrected chi connectivity index (χ4v) is 2.77. The highest BCUT2D eigenvalue weighted by atomic mass is 14.6. The zero-order valence-corrected chi connectivity index (χ0v) is 13.0. The van der Waals surface area contributed by atoms with Gasteiger partial charge in [-0.3, -0.25) is 0 Å². The van der Waals surface area contributed by atoms with Crippen LogP contribution in [0.25, 0.3) is 6.08 Å². The fourth-order valence-electron chi connectivity index (χ4n) is 2.77. The van der Waals surface area contributed by atoms with Crippen LogP contribution in [0.2, 0.25) is 0 Å². The van der Waals surface area contributed by atoms with Crippen molar-refractivity contribution in [2.45, 2.75) is 12.0 Å². The van der Waals surface area contributed by atoms with E-state index >= 15 is 0 Å². The molecule has 0 saturated heterocycles. The molecule has 0 radical (unpaired) electrons. The van der Waals surface area contributed by atoms with E-state index in [0.29, 0.717) is 0 Å². The standard InChI is InChI=1S/C22H21N/c23-22(20-14-8-3-9-15-20)21(19-12-6-2-7-13-19)17-16-18-10-4-1-5-11-18/h1-17,21-22H,23H2/b17-16+/t21-,22?/m1/s1. The molecular formula is C22H21N. The first-order valence-electron chi connectivity index (χ1n) is 7.93. The summed E-state index contributed by atoms with van der Waals surface area (Å²) in [4.78, 5) is 0. The van der Waals surface area contributed by atoms with Crippen LogP contribution in [0.3, 0.4) is 0 Å². The van der Waals surface area contributed by atoms with Crippen molar-refractivity contribution in [3.05, 3.63) is 114 Å². The van der Waals surface area contributed by atoms with E-state index in [-0.39, 0.29) is 12.0 Å². The highest BCUT2D eigenvalue weighted by molar-refractivity contribution is 5.51. The minimum Gasteiger partial charge on any atom is -0.323 e. The summed E-state index contributed by atoms with van der Waals surface area (Å²) in [5.74, 6) is 0.138. The van der Waals surface area contributed by atoms with Crippen molar-refractivity contribution < 1.29 is 0 Å². The summed E-state index contributed by atoms with van der Waals surface area (Å²) in [6.45, 7) is 0. The highest BCUT2D eigenvalue weighted by Gasteiger charge is 2.18. The first-order chi connectivity index (χ1) is 11.3. The number of rotatable bonds is 5. The second kappa shape index (κ2) is 7.57. The van der Waals surface area contributed by atoms with E-state index in [4.69, 9.17) is 5.73 Å². The zero-order chi connectivity index (χ0) is 15.9. The molecule has 23 heavy (non-hydrogen) atoms. The maximum atomic E-state index is 6.58. The topological polar surface area (TPSA) is 26.0 Å². The molecule has 0 amide bonds. The number of hydrogen-bond donors (Lipinski definition) is 1. The molecule has 0 aliphatic rings. The Morgan fingerprint density at radius 2 is 1.09 bits per heavy atom. The zero-order valence-electron chi connectivity index (χ0n) is 13.0. The summed E-state index contributed by atoms with van der Waals surface area (Å²) in [5.41, 5.74) is 10.2. The van der Waals surface area contributed by atoms with Gasteiger partial charge in [-0.1, -0.05) is 103 Å². The van der Waals surface area contributed by atoms with Gasteiger partial charge >= 0.3 is 0 Å². The molecule has 0 fully saturated rings. The van der Waals surface area contributed by atoms with Gasteiger partial charge in [-0.25, -0.2) is 0 Å². The second-order valence-corrected chi connectivity index (χ2v) is 5.64. The molecule has 0 bridgehead atoms. The normalized spacial score (nSPS) is 13.8. The Balaban J connectivity index is 1.93. The van der Waals surface area contributed by atoms with Gasteiger partial charge in [-0.05, 0) is 16.7 Å². The molecule has 0 aliphatic carbocycles. The lowest BCUT2D eigenvalue weighted by Gasteiger charge is -2.22. The summed E-state index contributed by atoms with van der Waals surface area (Å²) in [6.07, 6.45) is 4.36. The average Bonchev–Trinajstić information content (AvgIpc) is 2.64. The van der Waals surface area contributed by atoms with Crippen LogP contribution in [0.15, 0.2) is 97.1 Å². The van der Waals surface area contributed by atoms with Crippen LogP contribution in [0.4, 0.5) is 0 Å². The van der Waals surface area contributed by atoms with E-state index in [2.05, 4.69) is 60.7 Å². The predicted molar refractivity (Wildman–Crippen MR) is 98.0 cm³/mol. The molecule has 1 unspecified atom stereocenters. The van der Waals surface area contributed by atoms with Crippen LogP contribution in [-0.4, -0.2) is 0 Å². The van der Waals surface area contributed by atoms with Gasteiger partial charge in [0.05, 0.1) is 0 Å². The van der Waals surface area contributed by atoms with Crippen molar-refractivity contribution in [2.75, 3.05) is 0 Å². The number of benzene rings is 3. The molecule has 3 aromatic rings. The Labute approximate surface area is 138 Å². The molecule has 2 N–H and O–H groups in total. The monoisotopic (exact) mass is 299 g/mol. The Kier molecular flexibility index (Phi) is 5.02. The van der Waals surface area contributed by atoms with Crippen LogP contribution in [0, 0.1) is 0 Å². The number of nitrogens with two attached hydrogens (primary N) is 1. The molecule has 3 rings (SSSR count). The van der Waals surface area contributed by atoms with Crippen LogP contribution in [-0.2, 0) is 0 Å². The van der Waals surface area contributed by atoms with Gasteiger partial charge in [0.25, 0.3) is 0 Å². The molecule has 0 aliphatic heterocycles. The lowest BCUT2D eigenvalue weighted by molar-refractivity contribution is 0.648. The van der Waals surface area contributed by atoms with Gasteiger partial charge in [0.15, 0.2) is 0 Å². The van der Waals surface area contributed by atoms with Crippen molar-refractivity contribution in [3.8, 4) is 0 Å². The van der Waals surface area contributed by atoms with E-state index in [1.165, 1.54) is 11.1 Å². The smallest absolute Gasteiger partial charge is 0.0399 e. The molecular weight excluding hydrogens is 278 g/mol. The molecule has 2 atom stereocenters. The quantitative estimate of drug-likeness (QED) is 0.690. The average molecular weight is 299 g/mol. The summed E-state index contributed by atoms with van der Waals surface area (Å²) in [7, 11) is 0. The van der Waals surface area contributed by atoms with Crippen molar-refractivity contribution in [1.82, 2.24) is 0 Å². The summed E-state index contributed by atoms with van der Waals surface area (Å²) >= 11 is 0.